The molecule has 1 aromatic carbocycles. The average Bonchev–Trinajstić information content (AvgIpc) is 3.15. The summed E-state index contributed by atoms with van der Waals surface area (Å²) in [5.74, 6) is 0.823. The van der Waals surface area contributed by atoms with Crippen molar-refractivity contribution in [3.63, 3.8) is 0 Å². The fourth-order valence-corrected chi connectivity index (χ4v) is 2.91. The number of ether oxygens (including phenoxy) is 1. The molecule has 1 aromatic heterocycles. The standard InChI is InChI=1S/C20H23FN2O4/c1-14(2)19(24)22-9-11-23(12-10-22)20(25)18-8-7-17(27-18)13-26-16-5-3-15(21)4-6-16/h3-8,14H,9-13H2,1-2H3. The van der Waals surface area contributed by atoms with Gasteiger partial charge in [-0.2, -0.15) is 0 Å². The molecule has 144 valence electrons. The average molecular weight is 374 g/mol. The van der Waals surface area contributed by atoms with E-state index in [1.165, 1.54) is 24.3 Å². The number of amides is 2. The van der Waals surface area contributed by atoms with Gasteiger partial charge in [-0.25, -0.2) is 4.39 Å². The van der Waals surface area contributed by atoms with Gasteiger partial charge in [0.15, 0.2) is 5.76 Å². The van der Waals surface area contributed by atoms with Crippen LogP contribution in [-0.4, -0.2) is 47.8 Å². The van der Waals surface area contributed by atoms with E-state index in [1.807, 2.05) is 13.8 Å². The van der Waals surface area contributed by atoms with E-state index >= 15 is 0 Å². The summed E-state index contributed by atoms with van der Waals surface area (Å²) in [5, 5.41) is 0. The zero-order chi connectivity index (χ0) is 19.4. The minimum absolute atomic E-state index is 0.0407. The summed E-state index contributed by atoms with van der Waals surface area (Å²) in [6.07, 6.45) is 0. The Kier molecular flexibility index (Phi) is 5.78. The molecule has 0 radical (unpaired) electrons. The Balaban J connectivity index is 1.53. The Labute approximate surface area is 157 Å². The Morgan fingerprint density at radius 3 is 2.30 bits per heavy atom. The van der Waals surface area contributed by atoms with Crippen molar-refractivity contribution in [3.8, 4) is 5.75 Å². The summed E-state index contributed by atoms with van der Waals surface area (Å²) in [4.78, 5) is 28.1. The fourth-order valence-electron chi connectivity index (χ4n) is 2.91. The van der Waals surface area contributed by atoms with Crippen LogP contribution in [0.3, 0.4) is 0 Å². The normalized spacial score (nSPS) is 14.5. The fraction of sp³-hybridized carbons (Fsp3) is 0.400. The lowest BCUT2D eigenvalue weighted by molar-refractivity contribution is -0.135. The van der Waals surface area contributed by atoms with Crippen LogP contribution in [0.2, 0.25) is 0 Å². The monoisotopic (exact) mass is 374 g/mol. The number of hydrogen-bond acceptors (Lipinski definition) is 4. The van der Waals surface area contributed by atoms with Crippen molar-refractivity contribution in [2.24, 2.45) is 5.92 Å². The molecular formula is C20H23FN2O4. The summed E-state index contributed by atoms with van der Waals surface area (Å²) in [6, 6.07) is 9.00. The number of halogens is 1. The predicted molar refractivity (Wildman–Crippen MR) is 96.8 cm³/mol. The van der Waals surface area contributed by atoms with E-state index in [-0.39, 0.29) is 35.9 Å². The van der Waals surface area contributed by atoms with Gasteiger partial charge >= 0.3 is 0 Å². The van der Waals surface area contributed by atoms with Crippen LogP contribution < -0.4 is 4.74 Å². The molecule has 3 rings (SSSR count). The van der Waals surface area contributed by atoms with Crippen LogP contribution >= 0.6 is 0 Å². The molecular weight excluding hydrogens is 351 g/mol. The largest absolute Gasteiger partial charge is 0.486 e. The van der Waals surface area contributed by atoms with Crippen LogP contribution in [0, 0.1) is 11.7 Å². The van der Waals surface area contributed by atoms with Gasteiger partial charge < -0.3 is 19.0 Å². The molecule has 6 nitrogen and oxygen atoms in total. The molecule has 2 heterocycles. The quantitative estimate of drug-likeness (QED) is 0.807. The minimum atomic E-state index is -0.330. The van der Waals surface area contributed by atoms with Crippen LogP contribution in [0.25, 0.3) is 0 Å². The van der Waals surface area contributed by atoms with Gasteiger partial charge in [-0.05, 0) is 36.4 Å². The van der Waals surface area contributed by atoms with Crippen LogP contribution in [0.1, 0.15) is 30.2 Å². The number of nitrogens with zero attached hydrogens (tertiary/aromatic N) is 2. The van der Waals surface area contributed by atoms with E-state index in [0.717, 1.165) is 0 Å². The molecule has 0 unspecified atom stereocenters. The van der Waals surface area contributed by atoms with Crippen molar-refractivity contribution in [1.82, 2.24) is 9.80 Å². The van der Waals surface area contributed by atoms with Gasteiger partial charge in [0, 0.05) is 32.1 Å². The van der Waals surface area contributed by atoms with Crippen LogP contribution in [0.4, 0.5) is 4.39 Å². The summed E-state index contributed by atoms with van der Waals surface area (Å²) >= 11 is 0. The second kappa shape index (κ2) is 8.24. The number of benzene rings is 1. The minimum Gasteiger partial charge on any atom is -0.486 e. The van der Waals surface area contributed by atoms with Gasteiger partial charge in [0.05, 0.1) is 0 Å². The number of rotatable bonds is 5. The third kappa shape index (κ3) is 4.67. The van der Waals surface area contributed by atoms with Crippen molar-refractivity contribution in [1.29, 1.82) is 0 Å². The van der Waals surface area contributed by atoms with Crippen LogP contribution in [-0.2, 0) is 11.4 Å². The van der Waals surface area contributed by atoms with E-state index in [9.17, 15) is 14.0 Å². The third-order valence-corrected chi connectivity index (χ3v) is 4.44. The van der Waals surface area contributed by atoms with Gasteiger partial charge in [-0.1, -0.05) is 13.8 Å². The lowest BCUT2D eigenvalue weighted by Crippen LogP contribution is -2.51. The molecule has 1 fully saturated rings. The number of piperazine rings is 1. The molecule has 1 aliphatic heterocycles. The molecule has 2 amide bonds. The highest BCUT2D eigenvalue weighted by Gasteiger charge is 2.27. The summed E-state index contributed by atoms with van der Waals surface area (Å²) in [7, 11) is 0. The smallest absolute Gasteiger partial charge is 0.289 e. The highest BCUT2D eigenvalue weighted by molar-refractivity contribution is 5.91. The maximum Gasteiger partial charge on any atom is 0.289 e. The number of carbonyl (C=O) groups is 2. The Morgan fingerprint density at radius 1 is 1.04 bits per heavy atom. The highest BCUT2D eigenvalue weighted by Crippen LogP contribution is 2.17. The zero-order valence-corrected chi connectivity index (χ0v) is 15.5. The van der Waals surface area contributed by atoms with Gasteiger partial charge in [0.1, 0.15) is 23.9 Å². The topological polar surface area (TPSA) is 63.0 Å². The zero-order valence-electron chi connectivity index (χ0n) is 15.5. The molecule has 2 aromatic rings. The molecule has 0 saturated carbocycles. The van der Waals surface area contributed by atoms with Crippen molar-refractivity contribution in [2.75, 3.05) is 26.2 Å². The molecule has 0 atom stereocenters. The van der Waals surface area contributed by atoms with Crippen molar-refractivity contribution in [2.45, 2.75) is 20.5 Å². The molecule has 27 heavy (non-hydrogen) atoms. The molecule has 1 saturated heterocycles. The lowest BCUT2D eigenvalue weighted by atomic mass is 10.1. The third-order valence-electron chi connectivity index (χ3n) is 4.44. The SMILES string of the molecule is CC(C)C(=O)N1CCN(C(=O)c2ccc(COc3ccc(F)cc3)o2)CC1. The first-order valence-corrected chi connectivity index (χ1v) is 8.99. The second-order valence-electron chi connectivity index (χ2n) is 6.78. The highest BCUT2D eigenvalue weighted by atomic mass is 19.1. The Hall–Kier alpha value is -2.83. The van der Waals surface area contributed by atoms with E-state index in [1.54, 1.807) is 21.9 Å². The van der Waals surface area contributed by atoms with E-state index < -0.39 is 0 Å². The predicted octanol–water partition coefficient (Wildman–Crippen LogP) is 2.94. The summed E-state index contributed by atoms with van der Waals surface area (Å²) < 4.78 is 24.0. The number of hydrogen-bond donors (Lipinski definition) is 0. The number of carbonyl (C=O) groups excluding carboxylic acids is 2. The first-order chi connectivity index (χ1) is 12.9. The maximum atomic E-state index is 12.9. The number of furan rings is 1. The second-order valence-corrected chi connectivity index (χ2v) is 6.78. The van der Waals surface area contributed by atoms with E-state index in [2.05, 4.69) is 0 Å². The van der Waals surface area contributed by atoms with Gasteiger partial charge in [-0.3, -0.25) is 9.59 Å². The molecule has 0 spiro atoms. The first kappa shape index (κ1) is 18.9. The molecule has 1 aliphatic rings. The molecule has 0 aliphatic carbocycles. The van der Waals surface area contributed by atoms with Gasteiger partial charge in [0.2, 0.25) is 5.91 Å². The molecule has 0 bridgehead atoms. The lowest BCUT2D eigenvalue weighted by Gasteiger charge is -2.35. The van der Waals surface area contributed by atoms with Gasteiger partial charge in [0.25, 0.3) is 5.91 Å². The van der Waals surface area contributed by atoms with Crippen LogP contribution in [0.5, 0.6) is 5.75 Å². The Bertz CT molecular complexity index is 793. The van der Waals surface area contributed by atoms with Crippen molar-refractivity contribution < 1.29 is 23.1 Å². The maximum absolute atomic E-state index is 12.9. The summed E-state index contributed by atoms with van der Waals surface area (Å²) in [6.45, 7) is 5.93. The molecule has 7 heteroatoms. The van der Waals surface area contributed by atoms with Gasteiger partial charge in [-0.15, -0.1) is 0 Å². The molecule has 0 N–H and O–H groups in total. The van der Waals surface area contributed by atoms with E-state index in [4.69, 9.17) is 9.15 Å². The summed E-state index contributed by atoms with van der Waals surface area (Å²) in [5.41, 5.74) is 0. The van der Waals surface area contributed by atoms with E-state index in [0.29, 0.717) is 37.7 Å². The van der Waals surface area contributed by atoms with Crippen LogP contribution in [0.15, 0.2) is 40.8 Å². The van der Waals surface area contributed by atoms with Crippen molar-refractivity contribution in [3.05, 3.63) is 53.7 Å². The Morgan fingerprint density at radius 2 is 1.67 bits per heavy atom. The first-order valence-electron chi connectivity index (χ1n) is 8.99. The van der Waals surface area contributed by atoms with Crippen molar-refractivity contribution >= 4 is 11.8 Å².